The van der Waals surface area contributed by atoms with Crippen LogP contribution >= 0.6 is 34.8 Å². The van der Waals surface area contributed by atoms with E-state index in [1.807, 2.05) is 36.4 Å². The normalized spacial score (nSPS) is 11.0. The fraction of sp³-hybridized carbons (Fsp3) is 0. The molecule has 0 spiro atoms. The number of rotatable bonds is 2. The third kappa shape index (κ3) is 2.88. The molecule has 128 valence electrons. The molecule has 2 N–H and O–H groups in total. The minimum atomic E-state index is 0.366. The highest BCUT2D eigenvalue weighted by atomic mass is 35.5. The average molecular weight is 401 g/mol. The number of halogens is 3. The Balaban J connectivity index is 2.10. The van der Waals surface area contributed by atoms with Crippen LogP contribution in [-0.2, 0) is 0 Å². The zero-order valence-corrected chi connectivity index (χ0v) is 15.6. The molecule has 2 aromatic carbocycles. The Labute approximate surface area is 165 Å². The lowest BCUT2D eigenvalue weighted by Gasteiger charge is -2.13. The number of nitrogens with two attached hydrogens (primary N) is 1. The van der Waals surface area contributed by atoms with Crippen LogP contribution in [0, 0.1) is 0 Å². The zero-order chi connectivity index (χ0) is 18.3. The predicted octanol–water partition coefficient (Wildman–Crippen LogP) is 6.51. The van der Waals surface area contributed by atoms with Crippen LogP contribution in [0.3, 0.4) is 0 Å². The van der Waals surface area contributed by atoms with Crippen LogP contribution in [0.15, 0.2) is 60.8 Å². The number of benzene rings is 2. The van der Waals surface area contributed by atoms with Gasteiger partial charge in [0.05, 0.1) is 21.3 Å². The highest BCUT2D eigenvalue weighted by molar-refractivity contribution is 6.39. The number of anilines is 1. The van der Waals surface area contributed by atoms with E-state index in [9.17, 15) is 0 Å². The predicted molar refractivity (Wildman–Crippen MR) is 110 cm³/mol. The first-order valence-corrected chi connectivity index (χ1v) is 8.94. The molecule has 0 fully saturated rings. The average Bonchev–Trinajstić information content (AvgIpc) is 2.62. The molecule has 0 saturated heterocycles. The number of hydrogen-bond acceptors (Lipinski definition) is 3. The van der Waals surface area contributed by atoms with Gasteiger partial charge in [-0.2, -0.15) is 0 Å². The molecule has 26 heavy (non-hydrogen) atoms. The fourth-order valence-corrected chi connectivity index (χ4v) is 3.79. The summed E-state index contributed by atoms with van der Waals surface area (Å²) < 4.78 is 0. The van der Waals surface area contributed by atoms with E-state index >= 15 is 0 Å². The second-order valence-corrected chi connectivity index (χ2v) is 6.95. The maximum Gasteiger partial charge on any atom is 0.124 e. The van der Waals surface area contributed by atoms with Crippen molar-refractivity contribution in [3.05, 3.63) is 75.9 Å². The van der Waals surface area contributed by atoms with Crippen molar-refractivity contribution in [3.8, 4) is 22.4 Å². The maximum absolute atomic E-state index is 6.40. The molecule has 0 atom stereocenters. The van der Waals surface area contributed by atoms with E-state index in [-0.39, 0.29) is 0 Å². The first-order valence-electron chi connectivity index (χ1n) is 7.81. The van der Waals surface area contributed by atoms with Gasteiger partial charge in [-0.05, 0) is 35.9 Å². The van der Waals surface area contributed by atoms with Crippen LogP contribution in [0.25, 0.3) is 33.3 Å². The van der Waals surface area contributed by atoms with Crippen LogP contribution in [0.2, 0.25) is 15.1 Å². The molecular weight excluding hydrogens is 389 g/mol. The van der Waals surface area contributed by atoms with Crippen molar-refractivity contribution in [1.82, 2.24) is 9.97 Å². The van der Waals surface area contributed by atoms with E-state index in [2.05, 4.69) is 9.97 Å². The summed E-state index contributed by atoms with van der Waals surface area (Å²) in [6.07, 6.45) is 1.70. The van der Waals surface area contributed by atoms with Crippen molar-refractivity contribution in [2.45, 2.75) is 0 Å². The molecule has 3 nitrogen and oxygen atoms in total. The first kappa shape index (κ1) is 17.1. The van der Waals surface area contributed by atoms with Gasteiger partial charge in [0.2, 0.25) is 0 Å². The summed E-state index contributed by atoms with van der Waals surface area (Å²) in [6.45, 7) is 0. The van der Waals surface area contributed by atoms with Crippen LogP contribution in [0.4, 0.5) is 5.82 Å². The molecule has 0 aliphatic carbocycles. The van der Waals surface area contributed by atoms with Gasteiger partial charge in [-0.1, -0.05) is 59.1 Å². The van der Waals surface area contributed by atoms with Crippen LogP contribution in [-0.4, -0.2) is 9.97 Å². The minimum Gasteiger partial charge on any atom is -0.384 e. The van der Waals surface area contributed by atoms with Crippen molar-refractivity contribution in [3.63, 3.8) is 0 Å². The van der Waals surface area contributed by atoms with E-state index < -0.39 is 0 Å². The van der Waals surface area contributed by atoms with Gasteiger partial charge < -0.3 is 5.73 Å². The standard InChI is InChI=1S/C20H12Cl3N3/c21-14-5-2-1-4-11(14)13-10-17(24)26-19-12(13)8-9-25-20(19)18-15(22)6-3-7-16(18)23/h1-10H,(H2,24,26). The molecule has 0 amide bonds. The molecule has 6 heteroatoms. The number of nitrogens with zero attached hydrogens (tertiary/aromatic N) is 2. The fourth-order valence-electron chi connectivity index (χ4n) is 2.98. The molecule has 0 unspecified atom stereocenters. The Hall–Kier alpha value is -2.33. The summed E-state index contributed by atoms with van der Waals surface area (Å²) in [5.74, 6) is 0.366. The Bertz CT molecular complexity index is 1120. The molecule has 0 radical (unpaired) electrons. The number of fused-ring (bicyclic) bond motifs is 1. The Morgan fingerprint density at radius 1 is 0.769 bits per heavy atom. The largest absolute Gasteiger partial charge is 0.384 e. The van der Waals surface area contributed by atoms with Gasteiger partial charge in [-0.25, -0.2) is 4.98 Å². The van der Waals surface area contributed by atoms with E-state index in [4.69, 9.17) is 40.5 Å². The number of aromatic nitrogens is 2. The van der Waals surface area contributed by atoms with Crippen LogP contribution in [0.1, 0.15) is 0 Å². The molecule has 0 aliphatic rings. The van der Waals surface area contributed by atoms with Gasteiger partial charge in [-0.3, -0.25) is 4.98 Å². The third-order valence-electron chi connectivity index (χ3n) is 4.11. The van der Waals surface area contributed by atoms with Crippen LogP contribution < -0.4 is 5.73 Å². The molecular formula is C20H12Cl3N3. The summed E-state index contributed by atoms with van der Waals surface area (Å²) in [5.41, 5.74) is 9.67. The van der Waals surface area contributed by atoms with Gasteiger partial charge in [0, 0.05) is 27.7 Å². The second-order valence-electron chi connectivity index (χ2n) is 5.73. The molecule has 0 saturated carbocycles. The smallest absolute Gasteiger partial charge is 0.124 e. The summed E-state index contributed by atoms with van der Waals surface area (Å²) in [4.78, 5) is 8.98. The Morgan fingerprint density at radius 3 is 2.19 bits per heavy atom. The van der Waals surface area contributed by atoms with Crippen molar-refractivity contribution in [2.75, 3.05) is 5.73 Å². The van der Waals surface area contributed by atoms with Crippen molar-refractivity contribution in [2.24, 2.45) is 0 Å². The molecule has 4 aromatic rings. The zero-order valence-electron chi connectivity index (χ0n) is 13.4. The van der Waals surface area contributed by atoms with E-state index in [0.29, 0.717) is 37.7 Å². The molecule has 0 aliphatic heterocycles. The van der Waals surface area contributed by atoms with Crippen molar-refractivity contribution < 1.29 is 0 Å². The number of nitrogen functional groups attached to an aromatic ring is 1. The number of pyridine rings is 2. The minimum absolute atomic E-state index is 0.366. The van der Waals surface area contributed by atoms with Crippen molar-refractivity contribution in [1.29, 1.82) is 0 Å². The van der Waals surface area contributed by atoms with Gasteiger partial charge in [0.25, 0.3) is 0 Å². The van der Waals surface area contributed by atoms with Gasteiger partial charge in [0.15, 0.2) is 0 Å². The summed E-state index contributed by atoms with van der Waals surface area (Å²) >= 11 is 19.2. The van der Waals surface area contributed by atoms with E-state index in [0.717, 1.165) is 16.5 Å². The first-order chi connectivity index (χ1) is 12.6. The van der Waals surface area contributed by atoms with Crippen molar-refractivity contribution >= 4 is 51.5 Å². The van der Waals surface area contributed by atoms with Gasteiger partial charge in [0.1, 0.15) is 5.82 Å². The lowest BCUT2D eigenvalue weighted by atomic mass is 9.99. The SMILES string of the molecule is Nc1cc(-c2ccccc2Cl)c2ccnc(-c3c(Cl)cccc3Cl)c2n1. The quantitative estimate of drug-likeness (QED) is 0.417. The lowest BCUT2D eigenvalue weighted by Crippen LogP contribution is -1.97. The topological polar surface area (TPSA) is 51.8 Å². The third-order valence-corrected chi connectivity index (χ3v) is 5.07. The highest BCUT2D eigenvalue weighted by Crippen LogP contribution is 2.40. The molecule has 0 bridgehead atoms. The highest BCUT2D eigenvalue weighted by Gasteiger charge is 2.17. The summed E-state index contributed by atoms with van der Waals surface area (Å²) in [7, 11) is 0. The van der Waals surface area contributed by atoms with Crippen LogP contribution in [0.5, 0.6) is 0 Å². The molecule has 2 heterocycles. The Morgan fingerprint density at radius 2 is 1.46 bits per heavy atom. The lowest BCUT2D eigenvalue weighted by molar-refractivity contribution is 1.31. The van der Waals surface area contributed by atoms with E-state index in [1.54, 1.807) is 24.4 Å². The second kappa shape index (κ2) is 6.76. The number of hydrogen-bond donors (Lipinski definition) is 1. The Kier molecular flexibility index (Phi) is 4.45. The van der Waals surface area contributed by atoms with Gasteiger partial charge >= 0.3 is 0 Å². The molecule has 4 rings (SSSR count). The summed E-state index contributed by atoms with van der Waals surface area (Å²) in [5, 5.41) is 2.50. The molecule has 2 aromatic heterocycles. The van der Waals surface area contributed by atoms with Gasteiger partial charge in [-0.15, -0.1) is 0 Å². The summed E-state index contributed by atoms with van der Waals surface area (Å²) in [6, 6.07) is 16.6. The van der Waals surface area contributed by atoms with E-state index in [1.165, 1.54) is 0 Å². The maximum atomic E-state index is 6.40. The monoisotopic (exact) mass is 399 g/mol.